The van der Waals surface area contributed by atoms with Gasteiger partial charge >= 0.3 is 90.4 Å². The van der Waals surface area contributed by atoms with Gasteiger partial charge in [-0.05, 0) is 92.9 Å². The summed E-state index contributed by atoms with van der Waals surface area (Å²) in [5, 5.41) is 2.83. The molecule has 3 heteroatoms. The molecule has 2 unspecified atom stereocenters. The van der Waals surface area contributed by atoms with Crippen LogP contribution in [0.25, 0.3) is 16.9 Å². The molecule has 0 radical (unpaired) electrons. The summed E-state index contributed by atoms with van der Waals surface area (Å²) in [7, 11) is 0. The minimum absolute atomic E-state index is 0.509. The summed E-state index contributed by atoms with van der Waals surface area (Å²) in [6, 6.07) is 17.6. The maximum absolute atomic E-state index is 12.7. The van der Waals surface area contributed by atoms with Crippen molar-refractivity contribution in [3.63, 3.8) is 0 Å². The molecule has 2 atom stereocenters. The Morgan fingerprint density at radius 3 is 1.36 bits per heavy atom. The van der Waals surface area contributed by atoms with E-state index in [1.807, 2.05) is 14.4 Å². The normalized spacial score (nSPS) is 13.2. The van der Waals surface area contributed by atoms with E-state index in [9.17, 15) is 5.53 Å². The first-order valence-electron chi connectivity index (χ1n) is 29.4. The molecule has 0 bridgehead atoms. The molecule has 0 aliphatic carbocycles. The van der Waals surface area contributed by atoms with Crippen molar-refractivity contribution in [2.45, 2.75) is 277 Å². The Labute approximate surface area is 441 Å². The van der Waals surface area contributed by atoms with E-state index in [1.54, 1.807) is 4.70 Å². The molecule has 0 saturated carbocycles. The molecule has 0 N–H and O–H groups in total. The van der Waals surface area contributed by atoms with Crippen molar-refractivity contribution in [1.82, 2.24) is 0 Å². The van der Waals surface area contributed by atoms with E-state index >= 15 is 0 Å². The van der Waals surface area contributed by atoms with Gasteiger partial charge in [0.1, 0.15) is 5.57 Å². The van der Waals surface area contributed by atoms with Crippen molar-refractivity contribution in [1.29, 1.82) is 0 Å². The first kappa shape index (κ1) is 62.8. The van der Waals surface area contributed by atoms with Gasteiger partial charge in [0.05, 0.1) is 5.56 Å². The monoisotopic (exact) mass is 995 g/mol. The molecule has 70 heavy (non-hydrogen) atoms. The molecule has 2 aromatic carbocycles. The predicted octanol–water partition coefficient (Wildman–Crippen LogP) is 21.3. The predicted molar refractivity (Wildman–Crippen MR) is 306 cm³/mol. The van der Waals surface area contributed by atoms with Gasteiger partial charge in [0.25, 0.3) is 0 Å². The molecule has 0 fully saturated rings. The fourth-order valence-electron chi connectivity index (χ4n) is 9.86. The van der Waals surface area contributed by atoms with E-state index in [-0.39, 0.29) is 0 Å². The van der Waals surface area contributed by atoms with Gasteiger partial charge in [-0.1, -0.05) is 172 Å². The van der Waals surface area contributed by atoms with Crippen molar-refractivity contribution >= 4 is 11.4 Å². The second kappa shape index (κ2) is 43.3. The van der Waals surface area contributed by atoms with Crippen LogP contribution < -0.4 is 0 Å². The summed E-state index contributed by atoms with van der Waals surface area (Å²) in [6.45, 7) is 13.6. The van der Waals surface area contributed by atoms with Crippen LogP contribution in [0.2, 0.25) is 10.8 Å². The zero-order valence-corrected chi connectivity index (χ0v) is 47.3. The standard InChI is InChI=1S/C55H78N2.2C6H13.Ni/c1-7-13-17-21-22-23-27-41-53-52(40-26-20-16-10-4)54(50-38-30-28-36-48(50)44-42-46(32-11-5)34-24-18-14-8-2)57(56)55(53)51-39-31-29-37-49(51)45-43-47(33-12-6)35-25-19-15-9-3;2*1-3-5-6-4-2;/h5-6,28-31,36-39,46-47H,7-10,13-26,32-35,40,42-45H2,1-4H3;2*1,3-6H2,2H3;. The van der Waals surface area contributed by atoms with E-state index in [2.05, 4.69) is 114 Å². The van der Waals surface area contributed by atoms with Gasteiger partial charge in [0.2, 0.25) is 11.4 Å². The van der Waals surface area contributed by atoms with Crippen LogP contribution in [0.3, 0.4) is 0 Å². The van der Waals surface area contributed by atoms with Gasteiger partial charge in [-0.25, -0.2) is 4.70 Å². The van der Waals surface area contributed by atoms with Crippen molar-refractivity contribution in [3.05, 3.63) is 87.5 Å². The molecule has 0 amide bonds. The third kappa shape index (κ3) is 26.4. The van der Waals surface area contributed by atoms with Crippen LogP contribution in [0.4, 0.5) is 0 Å². The summed E-state index contributed by atoms with van der Waals surface area (Å²) in [5.74, 6) is 14.4. The third-order valence-corrected chi connectivity index (χ3v) is 15.6. The molecular formula is C67H104N2Ni. The Hall–Kier alpha value is -3.31. The molecule has 0 saturated heterocycles. The molecule has 1 aliphatic heterocycles. The van der Waals surface area contributed by atoms with Crippen LogP contribution in [0.15, 0.2) is 59.7 Å². The Morgan fingerprint density at radius 2 is 0.886 bits per heavy atom. The second-order valence-electron chi connectivity index (χ2n) is 20.4. The molecule has 0 aromatic heterocycles. The van der Waals surface area contributed by atoms with Gasteiger partial charge < -0.3 is 5.53 Å². The number of allylic oxidation sites excluding steroid dienone is 2. The van der Waals surface area contributed by atoms with Crippen molar-refractivity contribution < 1.29 is 19.1 Å². The third-order valence-electron chi connectivity index (χ3n) is 14.2. The topological polar surface area (TPSA) is 25.3 Å². The summed E-state index contributed by atoms with van der Waals surface area (Å²) in [6.07, 6.45) is 53.9. The number of hydrogen-bond donors (Lipinski definition) is 0. The van der Waals surface area contributed by atoms with Gasteiger partial charge in [0, 0.05) is 30.4 Å². The second-order valence-corrected chi connectivity index (χ2v) is 21.9. The van der Waals surface area contributed by atoms with Crippen LogP contribution >= 0.6 is 0 Å². The first-order chi connectivity index (χ1) is 34.4. The average molecular weight is 996 g/mol. The first-order valence-corrected chi connectivity index (χ1v) is 30.8. The van der Waals surface area contributed by atoms with E-state index in [0.29, 0.717) is 11.8 Å². The summed E-state index contributed by atoms with van der Waals surface area (Å²) < 4.78 is 1.55. The number of rotatable bonds is 40. The van der Waals surface area contributed by atoms with Gasteiger partial charge in [-0.15, -0.1) is 24.7 Å². The molecule has 1 heterocycles. The number of hydrogen-bond acceptors (Lipinski definition) is 0. The van der Waals surface area contributed by atoms with Gasteiger partial charge in [-0.2, -0.15) is 0 Å². The zero-order valence-electron chi connectivity index (χ0n) is 46.3. The number of nitrogens with zero attached hydrogens (tertiary/aromatic N) is 2. The number of terminal acetylenes is 2. The van der Waals surface area contributed by atoms with Crippen LogP contribution in [-0.2, 0) is 27.3 Å². The molecule has 2 aromatic rings. The minimum atomic E-state index is 0.509. The molecule has 392 valence electrons. The van der Waals surface area contributed by atoms with E-state index in [1.165, 1.54) is 188 Å². The SMILES string of the molecule is C#CCC(CCCCCC)CCc1ccccc1C1=C(C#CCCCCCCC)C(CCCCCC)=C(c2ccccc2CCC(CC#C)CCCCCC)[N+]1=[N-].CCCCC[CH2][Ni][CH2]CCCCC. The van der Waals surface area contributed by atoms with Crippen LogP contribution in [0.1, 0.15) is 276 Å². The summed E-state index contributed by atoms with van der Waals surface area (Å²) in [5.41, 5.74) is 21.5. The zero-order chi connectivity index (χ0) is 50.7. The van der Waals surface area contributed by atoms with Crippen LogP contribution in [0.5, 0.6) is 0 Å². The van der Waals surface area contributed by atoms with Crippen LogP contribution in [0, 0.1) is 48.4 Å². The van der Waals surface area contributed by atoms with Gasteiger partial charge in [0.15, 0.2) is 0 Å². The van der Waals surface area contributed by atoms with Crippen LogP contribution in [-0.4, -0.2) is 4.70 Å². The molecule has 3 rings (SSSR count). The summed E-state index contributed by atoms with van der Waals surface area (Å²) >= 11 is 1.99. The van der Waals surface area contributed by atoms with Gasteiger partial charge in [-0.3, -0.25) is 0 Å². The molecule has 1 aliphatic rings. The number of unbranched alkanes of at least 4 members (excludes halogenated alkanes) is 20. The molecule has 2 nitrogen and oxygen atoms in total. The Bertz CT molecular complexity index is 1860. The fourth-order valence-corrected chi connectivity index (χ4v) is 11.1. The summed E-state index contributed by atoms with van der Waals surface area (Å²) in [4.78, 5) is 0. The number of aryl methyl sites for hydroxylation is 2. The van der Waals surface area contributed by atoms with Crippen molar-refractivity contribution in [3.8, 4) is 36.5 Å². The quantitative estimate of drug-likeness (QED) is 0.0275. The van der Waals surface area contributed by atoms with E-state index < -0.39 is 0 Å². The molecular weight excluding hydrogens is 891 g/mol. The van der Waals surface area contributed by atoms with Crippen molar-refractivity contribution in [2.24, 2.45) is 11.8 Å². The Morgan fingerprint density at radius 1 is 0.471 bits per heavy atom. The van der Waals surface area contributed by atoms with Crippen molar-refractivity contribution in [2.75, 3.05) is 0 Å². The Kier molecular flexibility index (Phi) is 38.8. The molecule has 0 spiro atoms. The average Bonchev–Trinajstić information content (AvgIpc) is 3.65. The fraction of sp³-hybridized carbons (Fsp3) is 0.672. The maximum atomic E-state index is 12.7. The Balaban J connectivity index is 0.00000112. The van der Waals surface area contributed by atoms with E-state index in [4.69, 9.17) is 12.8 Å². The van der Waals surface area contributed by atoms with E-state index in [0.717, 1.165) is 92.3 Å². The number of benzene rings is 2.